The molecule has 0 radical (unpaired) electrons. The minimum Gasteiger partial charge on any atom is -0.486 e. The zero-order chi connectivity index (χ0) is 13.8. The Morgan fingerprint density at radius 3 is 2.53 bits per heavy atom. The molecule has 1 N–H and O–H groups in total. The molecule has 3 nitrogen and oxygen atoms in total. The third-order valence-electron chi connectivity index (χ3n) is 2.75. The van der Waals surface area contributed by atoms with Gasteiger partial charge in [-0.1, -0.05) is 24.3 Å². The Labute approximate surface area is 110 Å². The van der Waals surface area contributed by atoms with E-state index in [-0.39, 0.29) is 23.7 Å². The monoisotopic (exact) mass is 260 g/mol. The predicted molar refractivity (Wildman–Crippen MR) is 68.9 cm³/mol. The number of aromatic carboxylic acids is 1. The van der Waals surface area contributed by atoms with Gasteiger partial charge >= 0.3 is 5.97 Å². The second-order valence-electron chi connectivity index (χ2n) is 4.18. The van der Waals surface area contributed by atoms with Crippen molar-refractivity contribution in [2.24, 2.45) is 0 Å². The highest BCUT2D eigenvalue weighted by Gasteiger charge is 2.06. The Bertz CT molecular complexity index is 591. The van der Waals surface area contributed by atoms with Crippen molar-refractivity contribution in [1.82, 2.24) is 0 Å². The fraction of sp³-hybridized carbons (Fsp3) is 0.133. The first-order valence-electron chi connectivity index (χ1n) is 5.78. The highest BCUT2D eigenvalue weighted by molar-refractivity contribution is 5.87. The zero-order valence-corrected chi connectivity index (χ0v) is 10.4. The lowest BCUT2D eigenvalue weighted by molar-refractivity contribution is 0.0697. The first-order chi connectivity index (χ1) is 9.08. The Morgan fingerprint density at radius 1 is 1.21 bits per heavy atom. The lowest BCUT2D eigenvalue weighted by Gasteiger charge is -2.08. The molecule has 0 unspecified atom stereocenters. The minimum atomic E-state index is -0.975. The van der Waals surface area contributed by atoms with Crippen LogP contribution < -0.4 is 4.74 Å². The molecule has 0 amide bonds. The molecule has 0 fully saturated rings. The fourth-order valence-electron chi connectivity index (χ4n) is 1.64. The quantitative estimate of drug-likeness (QED) is 0.916. The molecule has 0 saturated heterocycles. The van der Waals surface area contributed by atoms with Crippen LogP contribution in [-0.4, -0.2) is 11.1 Å². The molecular weight excluding hydrogens is 247 g/mol. The molecule has 19 heavy (non-hydrogen) atoms. The topological polar surface area (TPSA) is 46.5 Å². The lowest BCUT2D eigenvalue weighted by Crippen LogP contribution is -2.00. The van der Waals surface area contributed by atoms with E-state index in [0.29, 0.717) is 5.56 Å². The maximum atomic E-state index is 13.7. The van der Waals surface area contributed by atoms with E-state index in [9.17, 15) is 9.18 Å². The Balaban J connectivity index is 2.06. The summed E-state index contributed by atoms with van der Waals surface area (Å²) in [6, 6.07) is 11.2. The summed E-state index contributed by atoms with van der Waals surface area (Å²) in [6.07, 6.45) is 0. The first-order valence-corrected chi connectivity index (χ1v) is 5.78. The molecule has 0 saturated carbocycles. The van der Waals surface area contributed by atoms with E-state index in [0.717, 1.165) is 5.56 Å². The van der Waals surface area contributed by atoms with E-state index in [2.05, 4.69) is 0 Å². The molecule has 0 heterocycles. The molecule has 2 aromatic carbocycles. The van der Waals surface area contributed by atoms with Gasteiger partial charge in [0.05, 0.1) is 5.56 Å². The third-order valence-corrected chi connectivity index (χ3v) is 2.75. The van der Waals surface area contributed by atoms with Crippen molar-refractivity contribution in [3.63, 3.8) is 0 Å². The van der Waals surface area contributed by atoms with Crippen LogP contribution in [0.4, 0.5) is 4.39 Å². The van der Waals surface area contributed by atoms with Crippen LogP contribution in [0.25, 0.3) is 0 Å². The van der Waals surface area contributed by atoms with Crippen LogP contribution >= 0.6 is 0 Å². The smallest absolute Gasteiger partial charge is 0.335 e. The number of rotatable bonds is 4. The normalized spacial score (nSPS) is 10.2. The highest BCUT2D eigenvalue weighted by Crippen LogP contribution is 2.20. The number of carboxylic acids is 1. The van der Waals surface area contributed by atoms with E-state index in [1.807, 2.05) is 0 Å². The van der Waals surface area contributed by atoms with Gasteiger partial charge in [0, 0.05) is 0 Å². The van der Waals surface area contributed by atoms with Crippen LogP contribution in [0.5, 0.6) is 5.75 Å². The molecule has 0 spiro atoms. The van der Waals surface area contributed by atoms with Gasteiger partial charge in [-0.3, -0.25) is 0 Å². The standard InChI is InChI=1S/C15H13FO3/c1-10-3-2-4-13(14(10)16)19-9-11-5-7-12(8-6-11)15(17)18/h2-8H,9H2,1H3,(H,17,18). The summed E-state index contributed by atoms with van der Waals surface area (Å²) >= 11 is 0. The second kappa shape index (κ2) is 5.52. The van der Waals surface area contributed by atoms with E-state index < -0.39 is 5.97 Å². The maximum absolute atomic E-state index is 13.7. The maximum Gasteiger partial charge on any atom is 0.335 e. The molecule has 0 aliphatic carbocycles. The largest absolute Gasteiger partial charge is 0.486 e. The molecular formula is C15H13FO3. The molecule has 2 rings (SSSR count). The van der Waals surface area contributed by atoms with E-state index in [1.54, 1.807) is 37.3 Å². The Kier molecular flexibility index (Phi) is 3.80. The Morgan fingerprint density at radius 2 is 1.89 bits per heavy atom. The van der Waals surface area contributed by atoms with Crippen LogP contribution in [0, 0.1) is 12.7 Å². The molecule has 2 aromatic rings. The number of carboxylic acid groups (broad SMARTS) is 1. The average molecular weight is 260 g/mol. The number of carbonyl (C=O) groups is 1. The summed E-state index contributed by atoms with van der Waals surface area (Å²) in [4.78, 5) is 10.7. The minimum absolute atomic E-state index is 0.195. The van der Waals surface area contributed by atoms with Gasteiger partial charge in [0.1, 0.15) is 6.61 Å². The van der Waals surface area contributed by atoms with Gasteiger partial charge in [0.2, 0.25) is 0 Å². The number of benzene rings is 2. The van der Waals surface area contributed by atoms with E-state index in [4.69, 9.17) is 9.84 Å². The summed E-state index contributed by atoms with van der Waals surface area (Å²) < 4.78 is 19.1. The SMILES string of the molecule is Cc1cccc(OCc2ccc(C(=O)O)cc2)c1F. The van der Waals surface area contributed by atoms with Crippen molar-refractivity contribution in [2.45, 2.75) is 13.5 Å². The molecule has 0 aliphatic rings. The van der Waals surface area contributed by atoms with Crippen molar-refractivity contribution in [3.05, 3.63) is 65.0 Å². The second-order valence-corrected chi connectivity index (χ2v) is 4.18. The number of hydrogen-bond acceptors (Lipinski definition) is 2. The van der Waals surface area contributed by atoms with Crippen LogP contribution in [-0.2, 0) is 6.61 Å². The van der Waals surface area contributed by atoms with Crippen LogP contribution in [0.2, 0.25) is 0 Å². The van der Waals surface area contributed by atoms with Gasteiger partial charge in [0.25, 0.3) is 0 Å². The molecule has 4 heteroatoms. The summed E-state index contributed by atoms with van der Waals surface area (Å²) in [5.74, 6) is -1.15. The number of ether oxygens (including phenoxy) is 1. The first kappa shape index (κ1) is 13.1. The average Bonchev–Trinajstić information content (AvgIpc) is 2.41. The van der Waals surface area contributed by atoms with Crippen LogP contribution in [0.3, 0.4) is 0 Å². The van der Waals surface area contributed by atoms with Crippen LogP contribution in [0.15, 0.2) is 42.5 Å². The molecule has 0 aromatic heterocycles. The lowest BCUT2D eigenvalue weighted by atomic mass is 10.1. The van der Waals surface area contributed by atoms with Crippen molar-refractivity contribution < 1.29 is 19.0 Å². The van der Waals surface area contributed by atoms with Gasteiger partial charge in [-0.15, -0.1) is 0 Å². The highest BCUT2D eigenvalue weighted by atomic mass is 19.1. The van der Waals surface area contributed by atoms with Gasteiger partial charge in [-0.2, -0.15) is 0 Å². The van der Waals surface area contributed by atoms with Crippen LogP contribution in [0.1, 0.15) is 21.5 Å². The summed E-state index contributed by atoms with van der Waals surface area (Å²) in [5.41, 5.74) is 1.52. The zero-order valence-electron chi connectivity index (χ0n) is 10.4. The third kappa shape index (κ3) is 3.10. The van der Waals surface area contributed by atoms with Crippen molar-refractivity contribution in [2.75, 3.05) is 0 Å². The Hall–Kier alpha value is -2.36. The molecule has 0 bridgehead atoms. The van der Waals surface area contributed by atoms with Crippen molar-refractivity contribution >= 4 is 5.97 Å². The van der Waals surface area contributed by atoms with Gasteiger partial charge in [-0.25, -0.2) is 9.18 Å². The number of halogens is 1. The van der Waals surface area contributed by atoms with Gasteiger partial charge in [0.15, 0.2) is 11.6 Å². The summed E-state index contributed by atoms with van der Waals surface area (Å²) in [7, 11) is 0. The molecule has 0 atom stereocenters. The fourth-order valence-corrected chi connectivity index (χ4v) is 1.64. The van der Waals surface area contributed by atoms with E-state index >= 15 is 0 Å². The molecule has 98 valence electrons. The summed E-state index contributed by atoms with van der Waals surface area (Å²) in [5, 5.41) is 8.77. The molecule has 0 aliphatic heterocycles. The summed E-state index contributed by atoms with van der Waals surface area (Å²) in [6.45, 7) is 1.87. The van der Waals surface area contributed by atoms with Crippen molar-refractivity contribution in [3.8, 4) is 5.75 Å². The van der Waals surface area contributed by atoms with E-state index in [1.165, 1.54) is 12.1 Å². The van der Waals surface area contributed by atoms with Gasteiger partial charge in [-0.05, 0) is 36.2 Å². The van der Waals surface area contributed by atoms with Gasteiger partial charge < -0.3 is 9.84 Å². The number of hydrogen-bond donors (Lipinski definition) is 1. The predicted octanol–water partition coefficient (Wildman–Crippen LogP) is 3.41. The number of aryl methyl sites for hydroxylation is 1. The van der Waals surface area contributed by atoms with Crippen molar-refractivity contribution in [1.29, 1.82) is 0 Å².